The van der Waals surface area contributed by atoms with Crippen molar-refractivity contribution < 1.29 is 60.0 Å². The Bertz CT molecular complexity index is 1580. The molecule has 1 aliphatic heterocycles. The van der Waals surface area contributed by atoms with E-state index in [1.807, 2.05) is 30.3 Å². The van der Waals surface area contributed by atoms with Gasteiger partial charge in [0.15, 0.2) is 6.29 Å². The molecular weight excluding hydrogens is 633 g/mol. The summed E-state index contributed by atoms with van der Waals surface area (Å²) in [7, 11) is 0. The van der Waals surface area contributed by atoms with Crippen molar-refractivity contribution in [3.63, 3.8) is 0 Å². The normalized spacial score (nSPS) is 15.4. The maximum Gasteiger partial charge on any atom is 0.407 e. The average molecular weight is 666 g/mol. The molecule has 0 bridgehead atoms. The number of alkyl carbamates (subject to hydrolysis) is 1. The van der Waals surface area contributed by atoms with Crippen molar-refractivity contribution in [3.05, 3.63) is 83.2 Å². The van der Waals surface area contributed by atoms with Gasteiger partial charge in [-0.15, -0.1) is 0 Å². The summed E-state index contributed by atoms with van der Waals surface area (Å²) in [6.45, 7) is 4.82. The minimum atomic E-state index is -2.46. The van der Waals surface area contributed by atoms with Crippen LogP contribution in [0.1, 0.15) is 56.8 Å². The molecule has 1 N–H and O–H groups in total. The van der Waals surface area contributed by atoms with Crippen LogP contribution in [0.2, 0.25) is 0 Å². The smallest absolute Gasteiger partial charge is 0.407 e. The molecule has 0 radical (unpaired) electrons. The molecule has 4 rings (SSSR count). The fourth-order valence-electron chi connectivity index (χ4n) is 4.42. The van der Waals surface area contributed by atoms with Crippen LogP contribution in [0.25, 0.3) is 11.1 Å². The van der Waals surface area contributed by atoms with Gasteiger partial charge in [-0.25, -0.2) is 27.6 Å². The van der Waals surface area contributed by atoms with E-state index in [2.05, 4.69) is 10.1 Å². The number of carbonyl (C=O) groups is 3. The molecule has 3 aromatic carbocycles. The van der Waals surface area contributed by atoms with Crippen LogP contribution in [0.15, 0.2) is 48.5 Å². The molecule has 1 fully saturated rings. The molecule has 2 unspecified atom stereocenters. The van der Waals surface area contributed by atoms with Gasteiger partial charge in [-0.3, -0.25) is 0 Å². The van der Waals surface area contributed by atoms with Crippen molar-refractivity contribution in [1.29, 1.82) is 0 Å². The van der Waals surface area contributed by atoms with Gasteiger partial charge < -0.3 is 29.0 Å². The van der Waals surface area contributed by atoms with E-state index in [-0.39, 0.29) is 11.3 Å². The van der Waals surface area contributed by atoms with Crippen LogP contribution in [0.5, 0.6) is 11.5 Å². The highest BCUT2D eigenvalue weighted by Gasteiger charge is 2.33. The maximum atomic E-state index is 14.3. The van der Waals surface area contributed by atoms with Gasteiger partial charge in [0, 0.05) is 19.4 Å². The number of rotatable bonds is 10. The zero-order valence-electron chi connectivity index (χ0n) is 25.7. The Kier molecular flexibility index (Phi) is 11.4. The standard InChI is InChI=1S/C33H32F5NO8/c1-33(2,3)47-32(42)39-15-14-21(31(41)46-29-27(37)25(35)24(34)26(36)28(29)38)45-30(40)20-13-12-19(18-9-5-4-6-10-18)17-22(20)44-23-11-7-8-16-43-23/h4-6,9-10,12-13,17,21,23H,7-8,11,14-16H2,1-3H3,(H,39,42). The van der Waals surface area contributed by atoms with Gasteiger partial charge >= 0.3 is 18.0 Å². The number of amides is 1. The fourth-order valence-corrected chi connectivity index (χ4v) is 4.42. The Labute approximate surface area is 266 Å². The van der Waals surface area contributed by atoms with Crippen molar-refractivity contribution in [2.24, 2.45) is 0 Å². The molecule has 1 aliphatic rings. The van der Waals surface area contributed by atoms with E-state index < -0.39 is 83.8 Å². The Morgan fingerprint density at radius 1 is 0.894 bits per heavy atom. The van der Waals surface area contributed by atoms with Crippen molar-refractivity contribution in [2.75, 3.05) is 13.2 Å². The van der Waals surface area contributed by atoms with E-state index in [1.54, 1.807) is 32.9 Å². The number of esters is 2. The zero-order valence-corrected chi connectivity index (χ0v) is 25.7. The predicted molar refractivity (Wildman–Crippen MR) is 156 cm³/mol. The van der Waals surface area contributed by atoms with Crippen molar-refractivity contribution in [2.45, 2.75) is 64.4 Å². The average Bonchev–Trinajstić information content (AvgIpc) is 3.04. The van der Waals surface area contributed by atoms with Crippen LogP contribution < -0.4 is 14.8 Å². The molecular formula is C33H32F5NO8. The lowest BCUT2D eigenvalue weighted by molar-refractivity contribution is -0.145. The monoisotopic (exact) mass is 665 g/mol. The second-order valence-electron chi connectivity index (χ2n) is 11.4. The summed E-state index contributed by atoms with van der Waals surface area (Å²) < 4.78 is 96.4. The molecule has 0 aliphatic carbocycles. The third-order valence-electron chi connectivity index (χ3n) is 6.66. The molecule has 47 heavy (non-hydrogen) atoms. The molecule has 0 saturated carbocycles. The molecule has 3 aromatic rings. The summed E-state index contributed by atoms with van der Waals surface area (Å²) in [6.07, 6.45) is -2.02. The lowest BCUT2D eigenvalue weighted by Crippen LogP contribution is -2.38. The van der Waals surface area contributed by atoms with Gasteiger partial charge in [0.2, 0.25) is 40.9 Å². The molecule has 9 nitrogen and oxygen atoms in total. The van der Waals surface area contributed by atoms with Crippen LogP contribution in [0.3, 0.4) is 0 Å². The second kappa shape index (κ2) is 15.2. The number of carbonyl (C=O) groups excluding carboxylic acids is 3. The zero-order chi connectivity index (χ0) is 34.3. The Morgan fingerprint density at radius 3 is 2.17 bits per heavy atom. The molecule has 0 aromatic heterocycles. The number of halogens is 5. The number of hydrogen-bond acceptors (Lipinski definition) is 8. The molecule has 1 amide bonds. The highest BCUT2D eigenvalue weighted by Crippen LogP contribution is 2.32. The van der Waals surface area contributed by atoms with E-state index in [4.69, 9.17) is 18.9 Å². The van der Waals surface area contributed by atoms with E-state index in [1.165, 1.54) is 6.07 Å². The fraction of sp³-hybridized carbons (Fsp3) is 0.364. The topological polar surface area (TPSA) is 109 Å². The lowest BCUT2D eigenvalue weighted by atomic mass is 10.0. The van der Waals surface area contributed by atoms with Gasteiger partial charge in [0.05, 0.1) is 6.61 Å². The molecule has 0 spiro atoms. The Morgan fingerprint density at radius 2 is 1.55 bits per heavy atom. The third kappa shape index (κ3) is 9.18. The van der Waals surface area contributed by atoms with Gasteiger partial charge in [-0.1, -0.05) is 36.4 Å². The summed E-state index contributed by atoms with van der Waals surface area (Å²) in [5.41, 5.74) is 0.398. The van der Waals surface area contributed by atoms with Crippen LogP contribution in [-0.2, 0) is 19.0 Å². The summed E-state index contributed by atoms with van der Waals surface area (Å²) in [4.78, 5) is 38.7. The van der Waals surface area contributed by atoms with Crippen LogP contribution >= 0.6 is 0 Å². The minimum Gasteiger partial charge on any atom is -0.464 e. The third-order valence-corrected chi connectivity index (χ3v) is 6.66. The molecule has 1 heterocycles. The summed E-state index contributed by atoms with van der Waals surface area (Å²) in [5, 5.41) is 2.32. The first-order valence-electron chi connectivity index (χ1n) is 14.6. The first-order valence-corrected chi connectivity index (χ1v) is 14.6. The van der Waals surface area contributed by atoms with Gasteiger partial charge in [0.1, 0.15) is 16.9 Å². The van der Waals surface area contributed by atoms with E-state index in [9.17, 15) is 36.3 Å². The predicted octanol–water partition coefficient (Wildman–Crippen LogP) is 7.00. The van der Waals surface area contributed by atoms with Crippen LogP contribution in [0, 0.1) is 29.1 Å². The second-order valence-corrected chi connectivity index (χ2v) is 11.4. The summed E-state index contributed by atoms with van der Waals surface area (Å²) >= 11 is 0. The van der Waals surface area contributed by atoms with E-state index >= 15 is 0 Å². The van der Waals surface area contributed by atoms with Crippen LogP contribution in [0.4, 0.5) is 26.7 Å². The number of hydrogen-bond donors (Lipinski definition) is 1. The quantitative estimate of drug-likeness (QED) is 0.0811. The Hall–Kier alpha value is -4.72. The SMILES string of the molecule is CC(C)(C)OC(=O)NCCC(OC(=O)c1ccc(-c2ccccc2)cc1OC1CCCCO1)C(=O)Oc1c(F)c(F)c(F)c(F)c1F. The van der Waals surface area contributed by atoms with Crippen molar-refractivity contribution in [3.8, 4) is 22.6 Å². The van der Waals surface area contributed by atoms with Crippen LogP contribution in [-0.4, -0.2) is 49.2 Å². The summed E-state index contributed by atoms with van der Waals surface area (Å²) in [5.74, 6) is -16.7. The molecule has 252 valence electrons. The van der Waals surface area contributed by atoms with Gasteiger partial charge in [0.25, 0.3) is 0 Å². The van der Waals surface area contributed by atoms with Crippen molar-refractivity contribution in [1.82, 2.24) is 5.32 Å². The first kappa shape index (κ1) is 35.1. The highest BCUT2D eigenvalue weighted by molar-refractivity contribution is 5.95. The largest absolute Gasteiger partial charge is 0.464 e. The van der Waals surface area contributed by atoms with Gasteiger partial charge in [-0.2, -0.15) is 8.78 Å². The number of nitrogens with one attached hydrogen (secondary N) is 1. The number of ether oxygens (including phenoxy) is 5. The lowest BCUT2D eigenvalue weighted by Gasteiger charge is -2.25. The molecule has 2 atom stereocenters. The highest BCUT2D eigenvalue weighted by atomic mass is 19.2. The molecule has 14 heteroatoms. The van der Waals surface area contributed by atoms with Gasteiger partial charge in [-0.05, 0) is 56.9 Å². The van der Waals surface area contributed by atoms with Crippen molar-refractivity contribution >= 4 is 18.0 Å². The summed E-state index contributed by atoms with van der Waals surface area (Å²) in [6, 6.07) is 13.6. The maximum absolute atomic E-state index is 14.3. The number of benzene rings is 3. The van der Waals surface area contributed by atoms with E-state index in [0.717, 1.165) is 18.4 Å². The first-order chi connectivity index (χ1) is 22.2. The molecule has 1 saturated heterocycles. The Balaban J connectivity index is 1.62. The van der Waals surface area contributed by atoms with E-state index in [0.29, 0.717) is 18.6 Å². The minimum absolute atomic E-state index is 0.0296.